The summed E-state index contributed by atoms with van der Waals surface area (Å²) in [6.45, 7) is 17.7. The lowest BCUT2D eigenvalue weighted by Crippen LogP contribution is -2.41. The van der Waals surface area contributed by atoms with E-state index in [0.29, 0.717) is 0 Å². The van der Waals surface area contributed by atoms with Crippen LogP contribution in [-0.4, -0.2) is 26.4 Å². The van der Waals surface area contributed by atoms with Crippen molar-refractivity contribution in [3.63, 3.8) is 0 Å². The highest BCUT2D eigenvalue weighted by atomic mass is 28.3. The van der Waals surface area contributed by atoms with Crippen LogP contribution < -0.4 is 0 Å². The summed E-state index contributed by atoms with van der Waals surface area (Å²) in [7, 11) is -1.47. The Kier molecular flexibility index (Phi) is 6.73. The zero-order chi connectivity index (χ0) is 17.0. The lowest BCUT2D eigenvalue weighted by molar-refractivity contribution is 0.00578. The quantitative estimate of drug-likeness (QED) is 0.347. The van der Waals surface area contributed by atoms with Gasteiger partial charge in [0.2, 0.25) is 0 Å². The molecule has 0 atom stereocenters. The molecule has 0 aromatic rings. The summed E-state index contributed by atoms with van der Waals surface area (Å²) in [5, 5.41) is 0. The Morgan fingerprint density at radius 3 is 2.00 bits per heavy atom. The predicted molar refractivity (Wildman–Crippen MR) is 101 cm³/mol. The van der Waals surface area contributed by atoms with E-state index in [9.17, 15) is 0 Å². The van der Waals surface area contributed by atoms with Crippen LogP contribution in [0.15, 0.2) is 23.3 Å². The number of rotatable bonds is 7. The number of allylic oxidation sites excluding steroid dienone is 3. The average molecular weight is 322 g/mol. The highest BCUT2D eigenvalue weighted by Crippen LogP contribution is 2.38. The van der Waals surface area contributed by atoms with E-state index in [2.05, 4.69) is 72.1 Å². The molecule has 0 aromatic carbocycles. The van der Waals surface area contributed by atoms with Crippen LogP contribution in [0.5, 0.6) is 0 Å². The van der Waals surface area contributed by atoms with E-state index >= 15 is 0 Å². The molecule has 1 saturated heterocycles. The fourth-order valence-electron chi connectivity index (χ4n) is 2.23. The summed E-state index contributed by atoms with van der Waals surface area (Å²) in [4.78, 5) is 0. The van der Waals surface area contributed by atoms with Crippen molar-refractivity contribution in [2.45, 2.75) is 91.1 Å². The van der Waals surface area contributed by atoms with Crippen molar-refractivity contribution in [1.82, 2.24) is 0 Å². The van der Waals surface area contributed by atoms with Gasteiger partial charge in [0, 0.05) is 0 Å². The van der Waals surface area contributed by atoms with Gasteiger partial charge in [0.1, 0.15) is 0 Å². The standard InChI is InChI=1S/C18H35BO2Si/c1-9-10-11-12-13-16(14-15-22(6,7)8)19-20-17(2,3)18(4,5)21-19/h13-15H,9-12H2,1-8H3/b15-14+,16-13-. The number of hydrogen-bond acceptors (Lipinski definition) is 2. The van der Waals surface area contributed by atoms with Crippen LogP contribution >= 0.6 is 0 Å². The van der Waals surface area contributed by atoms with E-state index in [1.807, 2.05) is 0 Å². The van der Waals surface area contributed by atoms with Crippen molar-refractivity contribution in [3.8, 4) is 0 Å². The van der Waals surface area contributed by atoms with Gasteiger partial charge in [-0.1, -0.05) is 57.3 Å². The molecule has 0 radical (unpaired) electrons. The molecule has 0 saturated carbocycles. The summed E-state index contributed by atoms with van der Waals surface area (Å²) in [6.07, 6.45) is 9.44. The van der Waals surface area contributed by atoms with Gasteiger partial charge in [-0.05, 0) is 46.0 Å². The molecule has 126 valence electrons. The first kappa shape index (κ1) is 19.7. The molecule has 0 aliphatic carbocycles. The van der Waals surface area contributed by atoms with Crippen LogP contribution in [0.25, 0.3) is 0 Å². The SMILES string of the molecule is CCCCC/C=C(/C=C/[Si](C)(C)C)B1OC(C)(C)C(C)(C)O1. The molecule has 0 aromatic heterocycles. The van der Waals surface area contributed by atoms with E-state index in [1.54, 1.807) is 0 Å². The molecular weight excluding hydrogens is 287 g/mol. The third-order valence-electron chi connectivity index (χ3n) is 4.49. The van der Waals surface area contributed by atoms with Gasteiger partial charge in [-0.25, -0.2) is 0 Å². The van der Waals surface area contributed by atoms with Crippen LogP contribution in [0.4, 0.5) is 0 Å². The number of hydrogen-bond donors (Lipinski definition) is 0. The molecule has 0 unspecified atom stereocenters. The third kappa shape index (κ3) is 5.71. The molecule has 0 spiro atoms. The Morgan fingerprint density at radius 1 is 1.00 bits per heavy atom. The van der Waals surface area contributed by atoms with E-state index in [1.165, 1.54) is 24.7 Å². The monoisotopic (exact) mass is 322 g/mol. The zero-order valence-corrected chi connectivity index (χ0v) is 17.0. The van der Waals surface area contributed by atoms with Crippen molar-refractivity contribution in [3.05, 3.63) is 23.3 Å². The molecule has 0 N–H and O–H groups in total. The molecule has 1 aliphatic rings. The maximum Gasteiger partial charge on any atom is 0.494 e. The lowest BCUT2D eigenvalue weighted by atomic mass is 9.77. The van der Waals surface area contributed by atoms with Gasteiger partial charge in [0.15, 0.2) is 0 Å². The Morgan fingerprint density at radius 2 is 1.55 bits per heavy atom. The predicted octanol–water partition coefficient (Wildman–Crippen LogP) is 5.56. The van der Waals surface area contributed by atoms with E-state index < -0.39 is 8.07 Å². The largest absolute Gasteiger partial charge is 0.494 e. The second kappa shape index (κ2) is 7.50. The highest BCUT2D eigenvalue weighted by Gasteiger charge is 2.51. The maximum absolute atomic E-state index is 6.22. The van der Waals surface area contributed by atoms with Crippen molar-refractivity contribution in [2.24, 2.45) is 0 Å². The minimum absolute atomic E-state index is 0.237. The van der Waals surface area contributed by atoms with Crippen LogP contribution in [-0.2, 0) is 9.31 Å². The Labute approximate surface area is 139 Å². The summed E-state index contributed by atoms with van der Waals surface area (Å²) in [5.74, 6) is 0. The normalized spacial score (nSPS) is 21.8. The Hall–Kier alpha value is -0.318. The van der Waals surface area contributed by atoms with Crippen LogP contribution in [0.1, 0.15) is 60.3 Å². The van der Waals surface area contributed by atoms with Gasteiger partial charge in [-0.3, -0.25) is 0 Å². The van der Waals surface area contributed by atoms with Crippen LogP contribution in [0.2, 0.25) is 19.6 Å². The molecule has 1 rings (SSSR count). The molecule has 0 amide bonds. The van der Waals surface area contributed by atoms with E-state index in [-0.39, 0.29) is 18.3 Å². The highest BCUT2D eigenvalue weighted by molar-refractivity contribution is 6.81. The molecule has 2 nitrogen and oxygen atoms in total. The van der Waals surface area contributed by atoms with Gasteiger partial charge in [-0.15, -0.1) is 0 Å². The molecule has 4 heteroatoms. The van der Waals surface area contributed by atoms with Gasteiger partial charge in [0.25, 0.3) is 0 Å². The topological polar surface area (TPSA) is 18.5 Å². The van der Waals surface area contributed by atoms with Gasteiger partial charge in [-0.2, -0.15) is 0 Å². The van der Waals surface area contributed by atoms with Crippen LogP contribution in [0.3, 0.4) is 0 Å². The first-order valence-electron chi connectivity index (χ1n) is 8.73. The Balaban J connectivity index is 2.89. The summed E-state index contributed by atoms with van der Waals surface area (Å²) in [5.41, 5.74) is 3.03. The fraction of sp³-hybridized carbons (Fsp3) is 0.778. The van der Waals surface area contributed by atoms with E-state index in [0.717, 1.165) is 6.42 Å². The smallest absolute Gasteiger partial charge is 0.399 e. The molecule has 1 fully saturated rings. The van der Waals surface area contributed by atoms with Crippen molar-refractivity contribution in [2.75, 3.05) is 0 Å². The minimum Gasteiger partial charge on any atom is -0.399 e. The van der Waals surface area contributed by atoms with Crippen molar-refractivity contribution in [1.29, 1.82) is 0 Å². The number of unbranched alkanes of at least 4 members (excludes halogenated alkanes) is 3. The Bertz CT molecular complexity index is 403. The van der Waals surface area contributed by atoms with Gasteiger partial charge >= 0.3 is 7.12 Å². The molecule has 0 bridgehead atoms. The fourth-order valence-corrected chi connectivity index (χ4v) is 2.92. The second-order valence-corrected chi connectivity index (χ2v) is 13.6. The van der Waals surface area contributed by atoms with Crippen LogP contribution in [0, 0.1) is 0 Å². The molecular formula is C18H35BO2Si. The van der Waals surface area contributed by atoms with Crippen molar-refractivity contribution < 1.29 is 9.31 Å². The first-order chi connectivity index (χ1) is 9.98. The first-order valence-corrected chi connectivity index (χ1v) is 12.3. The zero-order valence-electron chi connectivity index (χ0n) is 16.0. The van der Waals surface area contributed by atoms with Gasteiger partial charge < -0.3 is 9.31 Å². The average Bonchev–Trinajstić information content (AvgIpc) is 2.56. The summed E-state index contributed by atoms with van der Waals surface area (Å²) in [6, 6.07) is 0. The second-order valence-electron chi connectivity index (χ2n) is 8.49. The minimum atomic E-state index is -1.23. The molecule has 1 heterocycles. The van der Waals surface area contributed by atoms with Crippen molar-refractivity contribution >= 4 is 15.2 Å². The molecule has 1 aliphatic heterocycles. The third-order valence-corrected chi connectivity index (χ3v) is 5.66. The lowest BCUT2D eigenvalue weighted by Gasteiger charge is -2.32. The maximum atomic E-state index is 6.22. The summed E-state index contributed by atoms with van der Waals surface area (Å²) >= 11 is 0. The van der Waals surface area contributed by atoms with Gasteiger partial charge in [0.05, 0.1) is 19.3 Å². The molecule has 22 heavy (non-hydrogen) atoms. The summed E-state index contributed by atoms with van der Waals surface area (Å²) < 4.78 is 12.4. The van der Waals surface area contributed by atoms with E-state index in [4.69, 9.17) is 9.31 Å².